The lowest BCUT2D eigenvalue weighted by molar-refractivity contribution is -0.113. The van der Waals surface area contributed by atoms with Gasteiger partial charge in [0.15, 0.2) is 16.0 Å². The Morgan fingerprint density at radius 2 is 2.09 bits per heavy atom. The van der Waals surface area contributed by atoms with Crippen molar-refractivity contribution in [3.05, 3.63) is 39.7 Å². The number of benzene rings is 1. The monoisotopic (exact) mass is 519 g/mol. The minimum atomic E-state index is -0.187. The highest BCUT2D eigenvalue weighted by atomic mass is 35.5. The predicted octanol–water partition coefficient (Wildman–Crippen LogP) is 5.69. The molecular formula is C22H22ClN5O2S3. The first-order valence-corrected chi connectivity index (χ1v) is 13.9. The molecule has 0 bridgehead atoms. The van der Waals surface area contributed by atoms with E-state index in [1.165, 1.54) is 22.2 Å². The molecule has 11 heteroatoms. The summed E-state index contributed by atoms with van der Waals surface area (Å²) in [5, 5.41) is 15.0. The second-order valence-corrected chi connectivity index (χ2v) is 11.3. The zero-order valence-corrected chi connectivity index (χ0v) is 21.6. The number of aromatic nitrogens is 4. The number of thiophene rings is 1. The van der Waals surface area contributed by atoms with E-state index in [0.29, 0.717) is 22.5 Å². The molecule has 4 aromatic rings. The third-order valence-corrected chi connectivity index (χ3v) is 8.73. The van der Waals surface area contributed by atoms with Gasteiger partial charge in [0, 0.05) is 22.0 Å². The zero-order valence-electron chi connectivity index (χ0n) is 18.3. The number of carbonyl (C=O) groups excluding carboxylic acids is 1. The van der Waals surface area contributed by atoms with Crippen LogP contribution in [0, 0.1) is 0 Å². The van der Waals surface area contributed by atoms with Gasteiger partial charge in [-0.05, 0) is 49.4 Å². The number of hydrogen-bond donors (Lipinski definition) is 1. The molecule has 0 unspecified atom stereocenters. The van der Waals surface area contributed by atoms with E-state index >= 15 is 0 Å². The van der Waals surface area contributed by atoms with Crippen molar-refractivity contribution in [2.75, 3.05) is 17.3 Å². The van der Waals surface area contributed by atoms with Crippen LogP contribution in [0.2, 0.25) is 5.02 Å². The fourth-order valence-corrected chi connectivity index (χ4v) is 6.44. The van der Waals surface area contributed by atoms with Crippen molar-refractivity contribution < 1.29 is 9.53 Å². The molecule has 0 fully saturated rings. The second-order valence-electron chi connectivity index (χ2n) is 8.04. The van der Waals surface area contributed by atoms with Crippen LogP contribution in [0.4, 0.5) is 5.69 Å². The van der Waals surface area contributed by atoms with Crippen LogP contribution in [-0.4, -0.2) is 43.1 Å². The van der Waals surface area contributed by atoms with Crippen LogP contribution >= 0.6 is 46.5 Å². The van der Waals surface area contributed by atoms with Crippen LogP contribution in [0.5, 0.6) is 0 Å². The van der Waals surface area contributed by atoms with Gasteiger partial charge in [-0.1, -0.05) is 42.0 Å². The number of nitrogens with zero attached hydrogens (tertiary/aromatic N) is 4. The number of anilines is 1. The van der Waals surface area contributed by atoms with Gasteiger partial charge in [0.2, 0.25) is 5.91 Å². The first kappa shape index (κ1) is 22.9. The van der Waals surface area contributed by atoms with E-state index in [1.54, 1.807) is 47.4 Å². The van der Waals surface area contributed by atoms with Gasteiger partial charge in [0.1, 0.15) is 4.83 Å². The van der Waals surface area contributed by atoms with Crippen LogP contribution in [-0.2, 0) is 22.6 Å². The molecule has 33 heavy (non-hydrogen) atoms. The molecule has 1 aliphatic heterocycles. The maximum absolute atomic E-state index is 12.5. The SMILES string of the molecule is CC[C@@]1(C)Cc2c(sc3nc(SC)n4c(SCC(=O)Nc5ccc(Cl)cc5)nnc4c23)CO1. The van der Waals surface area contributed by atoms with E-state index in [-0.39, 0.29) is 17.3 Å². The van der Waals surface area contributed by atoms with Crippen LogP contribution < -0.4 is 5.32 Å². The fourth-order valence-electron chi connectivity index (χ4n) is 3.83. The molecule has 0 saturated carbocycles. The average molecular weight is 520 g/mol. The molecule has 3 aromatic heterocycles. The van der Waals surface area contributed by atoms with Crippen molar-refractivity contribution in [3.63, 3.8) is 0 Å². The molecule has 1 N–H and O–H groups in total. The number of amides is 1. The summed E-state index contributed by atoms with van der Waals surface area (Å²) in [7, 11) is 0. The Kier molecular flexibility index (Phi) is 6.30. The first-order chi connectivity index (χ1) is 15.9. The number of hydrogen-bond acceptors (Lipinski definition) is 8. The fraction of sp³-hybridized carbons (Fsp3) is 0.364. The Hall–Kier alpha value is -1.85. The molecule has 1 aromatic carbocycles. The summed E-state index contributed by atoms with van der Waals surface area (Å²) in [5.41, 5.74) is 2.58. The molecule has 1 aliphatic rings. The highest BCUT2D eigenvalue weighted by Crippen LogP contribution is 2.42. The third kappa shape index (κ3) is 4.35. The Morgan fingerprint density at radius 3 is 2.82 bits per heavy atom. The van der Waals surface area contributed by atoms with Crippen molar-refractivity contribution >= 4 is 73.9 Å². The molecule has 7 nitrogen and oxygen atoms in total. The summed E-state index contributed by atoms with van der Waals surface area (Å²) in [6, 6.07) is 7.04. The number of ether oxygens (including phenoxy) is 1. The lowest BCUT2D eigenvalue weighted by Gasteiger charge is -2.32. The van der Waals surface area contributed by atoms with Crippen molar-refractivity contribution in [2.45, 2.75) is 49.2 Å². The van der Waals surface area contributed by atoms with Gasteiger partial charge in [-0.25, -0.2) is 9.38 Å². The molecular weight excluding hydrogens is 498 g/mol. The van der Waals surface area contributed by atoms with Gasteiger partial charge in [0.25, 0.3) is 0 Å². The second kappa shape index (κ2) is 9.07. The van der Waals surface area contributed by atoms with Gasteiger partial charge in [0.05, 0.1) is 23.3 Å². The summed E-state index contributed by atoms with van der Waals surface area (Å²) in [4.78, 5) is 19.6. The molecule has 1 atom stereocenters. The molecule has 172 valence electrons. The minimum Gasteiger partial charge on any atom is -0.369 e. The summed E-state index contributed by atoms with van der Waals surface area (Å²) in [6.45, 7) is 4.91. The van der Waals surface area contributed by atoms with Crippen molar-refractivity contribution in [3.8, 4) is 0 Å². The van der Waals surface area contributed by atoms with E-state index in [2.05, 4.69) is 29.4 Å². The van der Waals surface area contributed by atoms with E-state index in [1.807, 2.05) is 10.7 Å². The summed E-state index contributed by atoms with van der Waals surface area (Å²) >= 11 is 10.5. The largest absolute Gasteiger partial charge is 0.369 e. The van der Waals surface area contributed by atoms with Gasteiger partial charge >= 0.3 is 0 Å². The standard InChI is InChI=1S/C22H22ClN5O2S3/c1-4-22(2)9-14-15(10-30-22)33-19-17(14)18-26-27-21(28(18)20(25-19)31-3)32-11-16(29)24-13-7-5-12(23)6-8-13/h5-8H,4,9-11H2,1-3H3,(H,24,29)/t22-/m0/s1. The number of nitrogens with one attached hydrogen (secondary N) is 1. The Bertz CT molecular complexity index is 1350. The summed E-state index contributed by atoms with van der Waals surface area (Å²) in [6.07, 6.45) is 3.75. The lowest BCUT2D eigenvalue weighted by atomic mass is 9.90. The molecule has 0 aliphatic carbocycles. The molecule has 0 radical (unpaired) electrons. The highest BCUT2D eigenvalue weighted by molar-refractivity contribution is 8.00. The van der Waals surface area contributed by atoms with Gasteiger partial charge in [-0.15, -0.1) is 21.5 Å². The smallest absolute Gasteiger partial charge is 0.234 e. The van der Waals surface area contributed by atoms with Gasteiger partial charge < -0.3 is 10.1 Å². The Morgan fingerprint density at radius 1 is 1.30 bits per heavy atom. The van der Waals surface area contributed by atoms with Crippen molar-refractivity contribution in [2.24, 2.45) is 0 Å². The summed E-state index contributed by atoms with van der Waals surface area (Å²) < 4.78 is 8.11. The molecule has 1 amide bonds. The molecule has 0 spiro atoms. The quantitative estimate of drug-likeness (QED) is 0.259. The van der Waals surface area contributed by atoms with E-state index in [9.17, 15) is 4.79 Å². The molecule has 5 rings (SSSR count). The first-order valence-electron chi connectivity index (χ1n) is 10.5. The van der Waals surface area contributed by atoms with E-state index < -0.39 is 0 Å². The number of fused-ring (bicyclic) bond motifs is 5. The van der Waals surface area contributed by atoms with Crippen LogP contribution in [0.3, 0.4) is 0 Å². The highest BCUT2D eigenvalue weighted by Gasteiger charge is 2.33. The van der Waals surface area contributed by atoms with Crippen LogP contribution in [0.15, 0.2) is 34.6 Å². The van der Waals surface area contributed by atoms with Crippen molar-refractivity contribution in [1.29, 1.82) is 0 Å². The maximum atomic E-state index is 12.5. The molecule has 0 saturated heterocycles. The topological polar surface area (TPSA) is 81.4 Å². The lowest BCUT2D eigenvalue weighted by Crippen LogP contribution is -2.33. The van der Waals surface area contributed by atoms with Gasteiger partial charge in [-0.3, -0.25) is 4.79 Å². The summed E-state index contributed by atoms with van der Waals surface area (Å²) in [5.74, 6) is 0.0845. The third-order valence-electron chi connectivity index (χ3n) is 5.81. The Labute approximate surface area is 208 Å². The average Bonchev–Trinajstić information content (AvgIpc) is 3.39. The number of halogens is 1. The van der Waals surface area contributed by atoms with E-state index in [4.69, 9.17) is 21.3 Å². The number of thioether (sulfide) groups is 2. The predicted molar refractivity (Wildman–Crippen MR) is 136 cm³/mol. The minimum absolute atomic E-state index is 0.123. The normalized spacial score (nSPS) is 18.1. The zero-order chi connectivity index (χ0) is 23.2. The number of rotatable bonds is 6. The maximum Gasteiger partial charge on any atom is 0.234 e. The van der Waals surface area contributed by atoms with E-state index in [0.717, 1.165) is 33.9 Å². The van der Waals surface area contributed by atoms with Crippen LogP contribution in [0.1, 0.15) is 30.7 Å². The van der Waals surface area contributed by atoms with Gasteiger partial charge in [-0.2, -0.15) is 0 Å². The molecule has 4 heterocycles. The number of carbonyl (C=O) groups is 1. The van der Waals surface area contributed by atoms with Crippen molar-refractivity contribution in [1.82, 2.24) is 19.6 Å². The Balaban J connectivity index is 1.47. The van der Waals surface area contributed by atoms with Crippen LogP contribution in [0.25, 0.3) is 15.9 Å².